The first-order chi connectivity index (χ1) is 10.2. The molecular formula is C17H24INO3. The minimum absolute atomic E-state index is 0.0701. The van der Waals surface area contributed by atoms with Crippen LogP contribution in [0.15, 0.2) is 12.1 Å². The van der Waals surface area contributed by atoms with Gasteiger partial charge in [-0.05, 0) is 80.3 Å². The number of likely N-dealkylation sites (tertiary alicyclic amines) is 1. The molecule has 1 atom stereocenters. The number of rotatable bonds is 2. The van der Waals surface area contributed by atoms with E-state index in [1.54, 1.807) is 7.11 Å². The number of hydrogen-bond donors (Lipinski definition) is 0. The maximum Gasteiger partial charge on any atom is 0.410 e. The van der Waals surface area contributed by atoms with E-state index in [4.69, 9.17) is 9.47 Å². The molecule has 5 heteroatoms. The van der Waals surface area contributed by atoms with Gasteiger partial charge in [0.15, 0.2) is 0 Å². The van der Waals surface area contributed by atoms with Crippen molar-refractivity contribution < 1.29 is 14.3 Å². The Morgan fingerprint density at radius 1 is 1.36 bits per heavy atom. The number of amides is 1. The SMILES string of the molecule is COc1c(I)ccc(C2CCCN2C(=O)OC(C)(C)C)c1C. The zero-order valence-electron chi connectivity index (χ0n) is 13.9. The molecular weight excluding hydrogens is 393 g/mol. The second kappa shape index (κ2) is 6.64. The smallest absolute Gasteiger partial charge is 0.410 e. The Labute approximate surface area is 146 Å². The van der Waals surface area contributed by atoms with Crippen molar-refractivity contribution in [1.29, 1.82) is 0 Å². The summed E-state index contributed by atoms with van der Waals surface area (Å²) in [5.74, 6) is 0.897. The van der Waals surface area contributed by atoms with Crippen LogP contribution in [0.2, 0.25) is 0 Å². The van der Waals surface area contributed by atoms with Crippen LogP contribution in [0.25, 0.3) is 0 Å². The van der Waals surface area contributed by atoms with Crippen LogP contribution >= 0.6 is 22.6 Å². The zero-order valence-corrected chi connectivity index (χ0v) is 16.1. The van der Waals surface area contributed by atoms with E-state index in [-0.39, 0.29) is 12.1 Å². The van der Waals surface area contributed by atoms with Gasteiger partial charge in [0.2, 0.25) is 0 Å². The fraction of sp³-hybridized carbons (Fsp3) is 0.588. The van der Waals surface area contributed by atoms with E-state index in [0.717, 1.165) is 39.8 Å². The Balaban J connectivity index is 2.30. The Morgan fingerprint density at radius 2 is 2.05 bits per heavy atom. The van der Waals surface area contributed by atoms with Crippen molar-refractivity contribution in [3.63, 3.8) is 0 Å². The van der Waals surface area contributed by atoms with Crippen LogP contribution in [0.5, 0.6) is 5.75 Å². The number of ether oxygens (including phenoxy) is 2. The molecule has 1 amide bonds. The summed E-state index contributed by atoms with van der Waals surface area (Å²) in [7, 11) is 1.69. The third-order valence-corrected chi connectivity index (χ3v) is 4.69. The van der Waals surface area contributed by atoms with Crippen LogP contribution in [0, 0.1) is 10.5 Å². The highest BCUT2D eigenvalue weighted by molar-refractivity contribution is 14.1. The molecule has 1 unspecified atom stereocenters. The van der Waals surface area contributed by atoms with Gasteiger partial charge in [0.05, 0.1) is 16.7 Å². The molecule has 1 aromatic carbocycles. The zero-order chi connectivity index (χ0) is 16.5. The average Bonchev–Trinajstić information content (AvgIpc) is 2.86. The van der Waals surface area contributed by atoms with Crippen LogP contribution < -0.4 is 4.74 Å². The lowest BCUT2D eigenvalue weighted by atomic mass is 9.98. The number of carbonyl (C=O) groups is 1. The quantitative estimate of drug-likeness (QED) is 0.656. The molecule has 0 N–H and O–H groups in total. The predicted octanol–water partition coefficient (Wildman–Crippen LogP) is 4.68. The van der Waals surface area contributed by atoms with Crippen LogP contribution in [0.4, 0.5) is 4.79 Å². The molecule has 1 saturated heterocycles. The molecule has 0 bridgehead atoms. The maximum atomic E-state index is 12.4. The van der Waals surface area contributed by atoms with E-state index in [9.17, 15) is 4.79 Å². The molecule has 4 nitrogen and oxygen atoms in total. The number of carbonyl (C=O) groups excluding carboxylic acids is 1. The molecule has 0 radical (unpaired) electrons. The molecule has 0 aromatic heterocycles. The Kier molecular flexibility index (Phi) is 5.25. The molecule has 1 aliphatic rings. The van der Waals surface area contributed by atoms with E-state index in [1.165, 1.54) is 0 Å². The third-order valence-electron chi connectivity index (χ3n) is 3.84. The van der Waals surface area contributed by atoms with Crippen molar-refractivity contribution in [1.82, 2.24) is 4.90 Å². The molecule has 0 saturated carbocycles. The normalized spacial score (nSPS) is 18.5. The van der Waals surface area contributed by atoms with Crippen molar-refractivity contribution >= 4 is 28.7 Å². The summed E-state index contributed by atoms with van der Waals surface area (Å²) in [5, 5.41) is 0. The summed E-state index contributed by atoms with van der Waals surface area (Å²) < 4.78 is 12.1. The molecule has 0 spiro atoms. The average molecular weight is 417 g/mol. The third kappa shape index (κ3) is 3.67. The summed E-state index contributed by atoms with van der Waals surface area (Å²) in [6.07, 6.45) is 1.73. The van der Waals surface area contributed by atoms with Gasteiger partial charge in [-0.1, -0.05) is 6.07 Å². The molecule has 122 valence electrons. The summed E-state index contributed by atoms with van der Waals surface area (Å²) in [5.41, 5.74) is 1.79. The van der Waals surface area contributed by atoms with E-state index in [1.807, 2.05) is 31.7 Å². The first kappa shape index (κ1) is 17.4. The first-order valence-corrected chi connectivity index (χ1v) is 8.65. The lowest BCUT2D eigenvalue weighted by molar-refractivity contribution is 0.0224. The van der Waals surface area contributed by atoms with Gasteiger partial charge < -0.3 is 14.4 Å². The Hall–Kier alpha value is -0.980. The van der Waals surface area contributed by atoms with Gasteiger partial charge in [0.25, 0.3) is 0 Å². The van der Waals surface area contributed by atoms with Gasteiger partial charge in [0, 0.05) is 6.54 Å². The summed E-state index contributed by atoms with van der Waals surface area (Å²) in [4.78, 5) is 14.3. The highest BCUT2D eigenvalue weighted by Crippen LogP contribution is 2.38. The van der Waals surface area contributed by atoms with Gasteiger partial charge in [-0.15, -0.1) is 0 Å². The molecule has 1 aromatic rings. The fourth-order valence-corrected chi connectivity index (χ4v) is 3.72. The molecule has 1 heterocycles. The van der Waals surface area contributed by atoms with Crippen LogP contribution in [-0.2, 0) is 4.74 Å². The summed E-state index contributed by atoms with van der Waals surface area (Å²) in [6.45, 7) is 8.49. The summed E-state index contributed by atoms with van der Waals surface area (Å²) in [6, 6.07) is 4.22. The minimum Gasteiger partial charge on any atom is -0.495 e. The lowest BCUT2D eigenvalue weighted by Crippen LogP contribution is -2.36. The van der Waals surface area contributed by atoms with Crippen molar-refractivity contribution in [3.05, 3.63) is 26.8 Å². The summed E-state index contributed by atoms with van der Waals surface area (Å²) >= 11 is 2.27. The second-order valence-electron chi connectivity index (χ2n) is 6.63. The molecule has 2 rings (SSSR count). The monoisotopic (exact) mass is 417 g/mol. The second-order valence-corrected chi connectivity index (χ2v) is 7.79. The number of hydrogen-bond acceptors (Lipinski definition) is 3. The van der Waals surface area contributed by atoms with E-state index < -0.39 is 5.60 Å². The fourth-order valence-electron chi connectivity index (χ4n) is 2.91. The van der Waals surface area contributed by atoms with E-state index in [2.05, 4.69) is 35.6 Å². The topological polar surface area (TPSA) is 38.8 Å². The Morgan fingerprint density at radius 3 is 2.64 bits per heavy atom. The Bertz CT molecular complexity index is 566. The molecule has 22 heavy (non-hydrogen) atoms. The molecule has 1 aliphatic heterocycles. The predicted molar refractivity (Wildman–Crippen MR) is 95.4 cm³/mol. The number of benzene rings is 1. The van der Waals surface area contributed by atoms with Gasteiger partial charge >= 0.3 is 6.09 Å². The van der Waals surface area contributed by atoms with Gasteiger partial charge in [-0.25, -0.2) is 4.79 Å². The standard InChI is InChI=1S/C17H24INO3/c1-11-12(8-9-13(18)15(11)21-5)14-7-6-10-19(14)16(20)22-17(2,3)4/h8-9,14H,6-7,10H2,1-5H3. The largest absolute Gasteiger partial charge is 0.495 e. The van der Waals surface area contributed by atoms with Crippen LogP contribution in [0.1, 0.15) is 50.8 Å². The van der Waals surface area contributed by atoms with E-state index >= 15 is 0 Å². The lowest BCUT2D eigenvalue weighted by Gasteiger charge is -2.30. The number of halogens is 1. The minimum atomic E-state index is -0.469. The maximum absolute atomic E-state index is 12.4. The first-order valence-electron chi connectivity index (χ1n) is 7.57. The van der Waals surface area contributed by atoms with Crippen LogP contribution in [-0.4, -0.2) is 30.2 Å². The van der Waals surface area contributed by atoms with Crippen molar-refractivity contribution in [2.75, 3.05) is 13.7 Å². The van der Waals surface area contributed by atoms with Gasteiger partial charge in [0.1, 0.15) is 11.4 Å². The molecule has 1 fully saturated rings. The van der Waals surface area contributed by atoms with E-state index in [0.29, 0.717) is 0 Å². The van der Waals surface area contributed by atoms with Crippen molar-refractivity contribution in [2.24, 2.45) is 0 Å². The van der Waals surface area contributed by atoms with Crippen molar-refractivity contribution in [3.8, 4) is 5.75 Å². The number of methoxy groups -OCH3 is 1. The highest BCUT2D eigenvalue weighted by atomic mass is 127. The van der Waals surface area contributed by atoms with Gasteiger partial charge in [-0.3, -0.25) is 0 Å². The van der Waals surface area contributed by atoms with Gasteiger partial charge in [-0.2, -0.15) is 0 Å². The highest BCUT2D eigenvalue weighted by Gasteiger charge is 2.34. The number of nitrogens with zero attached hydrogens (tertiary/aromatic N) is 1. The van der Waals surface area contributed by atoms with Crippen molar-refractivity contribution in [2.45, 2.75) is 52.2 Å². The molecule has 0 aliphatic carbocycles. The van der Waals surface area contributed by atoms with Crippen LogP contribution in [0.3, 0.4) is 0 Å².